The molecule has 0 aromatic carbocycles. The van der Waals surface area contributed by atoms with Crippen molar-refractivity contribution in [2.45, 2.75) is 31.0 Å². The molecular weight excluding hydrogens is 212 g/mol. The number of nitrogens with zero attached hydrogens (tertiary/aromatic N) is 3. The molecule has 1 aliphatic heterocycles. The van der Waals surface area contributed by atoms with E-state index in [-0.39, 0.29) is 19.3 Å². The van der Waals surface area contributed by atoms with Gasteiger partial charge in [0.25, 0.3) is 0 Å². The molecule has 0 unspecified atom stereocenters. The van der Waals surface area contributed by atoms with Gasteiger partial charge in [0.05, 0.1) is 19.3 Å². The summed E-state index contributed by atoms with van der Waals surface area (Å²) in [6.45, 7) is 3.95. The van der Waals surface area contributed by atoms with E-state index in [9.17, 15) is 5.11 Å². The van der Waals surface area contributed by atoms with Gasteiger partial charge in [-0.15, -0.1) is 6.58 Å². The van der Waals surface area contributed by atoms with Crippen LogP contribution in [0, 0.1) is 0 Å². The van der Waals surface area contributed by atoms with E-state index in [0.29, 0.717) is 6.42 Å². The molecule has 1 saturated heterocycles. The SMILES string of the molecule is C=CCO[C@@H]1O[C@H](CN=[N+]=[N-])C[C@H](N)[C@H]1O. The van der Waals surface area contributed by atoms with Gasteiger partial charge in [0.2, 0.25) is 0 Å². The number of ether oxygens (including phenoxy) is 2. The van der Waals surface area contributed by atoms with Crippen molar-refractivity contribution in [2.75, 3.05) is 13.2 Å². The monoisotopic (exact) mass is 228 g/mol. The van der Waals surface area contributed by atoms with Crippen molar-refractivity contribution >= 4 is 0 Å². The Morgan fingerprint density at radius 1 is 1.75 bits per heavy atom. The van der Waals surface area contributed by atoms with Crippen LogP contribution < -0.4 is 5.73 Å². The highest BCUT2D eigenvalue weighted by Crippen LogP contribution is 2.20. The number of aliphatic hydroxyl groups excluding tert-OH is 1. The number of rotatable bonds is 5. The third-order valence-corrected chi connectivity index (χ3v) is 2.31. The first-order valence-corrected chi connectivity index (χ1v) is 5.01. The van der Waals surface area contributed by atoms with E-state index in [4.69, 9.17) is 20.7 Å². The highest BCUT2D eigenvalue weighted by Gasteiger charge is 2.35. The molecule has 7 heteroatoms. The minimum atomic E-state index is -0.873. The summed E-state index contributed by atoms with van der Waals surface area (Å²) < 4.78 is 10.6. The van der Waals surface area contributed by atoms with Crippen LogP contribution in [0.2, 0.25) is 0 Å². The van der Waals surface area contributed by atoms with Crippen molar-refractivity contribution in [3.63, 3.8) is 0 Å². The number of azide groups is 1. The molecule has 1 heterocycles. The first kappa shape index (κ1) is 13.0. The zero-order valence-corrected chi connectivity index (χ0v) is 8.90. The fourth-order valence-electron chi connectivity index (χ4n) is 1.52. The first-order valence-electron chi connectivity index (χ1n) is 5.01. The first-order chi connectivity index (χ1) is 7.69. The number of aliphatic hydroxyl groups is 1. The molecule has 0 aliphatic carbocycles. The minimum Gasteiger partial charge on any atom is -0.386 e. The predicted octanol–water partition coefficient (Wildman–Crippen LogP) is 0.303. The summed E-state index contributed by atoms with van der Waals surface area (Å²) in [6.07, 6.45) is 0.0132. The standard InChI is InChI=1S/C9H16N4O3/c1-2-3-15-9-8(14)7(10)4-6(16-9)5-12-13-11/h2,6-9,14H,1,3-5,10H2/t6-,7-,8+,9+/m0/s1. The summed E-state index contributed by atoms with van der Waals surface area (Å²) in [6, 6.07) is -0.442. The fraction of sp³-hybridized carbons (Fsp3) is 0.778. The topological polar surface area (TPSA) is 113 Å². The molecule has 0 spiro atoms. The lowest BCUT2D eigenvalue weighted by Gasteiger charge is -2.36. The van der Waals surface area contributed by atoms with Crippen molar-refractivity contribution < 1.29 is 14.6 Å². The largest absolute Gasteiger partial charge is 0.386 e. The van der Waals surface area contributed by atoms with Crippen molar-refractivity contribution in [3.05, 3.63) is 23.1 Å². The zero-order chi connectivity index (χ0) is 12.0. The van der Waals surface area contributed by atoms with Crippen molar-refractivity contribution in [2.24, 2.45) is 10.8 Å². The molecule has 4 atom stereocenters. The van der Waals surface area contributed by atoms with E-state index in [1.54, 1.807) is 6.08 Å². The van der Waals surface area contributed by atoms with Gasteiger partial charge < -0.3 is 20.3 Å². The second-order valence-electron chi connectivity index (χ2n) is 3.55. The van der Waals surface area contributed by atoms with E-state index in [0.717, 1.165) is 0 Å². The molecule has 7 nitrogen and oxygen atoms in total. The Balaban J connectivity index is 2.53. The summed E-state index contributed by atoms with van der Waals surface area (Å²) >= 11 is 0. The van der Waals surface area contributed by atoms with Crippen LogP contribution in [0.15, 0.2) is 17.8 Å². The van der Waals surface area contributed by atoms with Gasteiger partial charge in [0.1, 0.15) is 6.10 Å². The van der Waals surface area contributed by atoms with Gasteiger partial charge in [-0.05, 0) is 12.0 Å². The zero-order valence-electron chi connectivity index (χ0n) is 8.90. The van der Waals surface area contributed by atoms with Crippen LogP contribution in [0.5, 0.6) is 0 Å². The molecule has 3 N–H and O–H groups in total. The van der Waals surface area contributed by atoms with Gasteiger partial charge in [0, 0.05) is 11.0 Å². The summed E-state index contributed by atoms with van der Waals surface area (Å²) in [4.78, 5) is 2.65. The van der Waals surface area contributed by atoms with Crippen LogP contribution in [-0.4, -0.2) is 42.8 Å². The van der Waals surface area contributed by atoms with Crippen LogP contribution in [-0.2, 0) is 9.47 Å². The average molecular weight is 228 g/mol. The second kappa shape index (κ2) is 6.47. The lowest BCUT2D eigenvalue weighted by Crippen LogP contribution is -2.53. The molecule has 16 heavy (non-hydrogen) atoms. The minimum absolute atomic E-state index is 0.185. The van der Waals surface area contributed by atoms with Gasteiger partial charge in [-0.3, -0.25) is 0 Å². The smallest absolute Gasteiger partial charge is 0.185 e. The highest BCUT2D eigenvalue weighted by atomic mass is 16.7. The number of hydrogen-bond donors (Lipinski definition) is 2. The maximum absolute atomic E-state index is 9.69. The van der Waals surface area contributed by atoms with Gasteiger partial charge in [0.15, 0.2) is 6.29 Å². The molecular formula is C9H16N4O3. The van der Waals surface area contributed by atoms with E-state index in [1.165, 1.54) is 0 Å². The number of hydrogen-bond acceptors (Lipinski definition) is 5. The quantitative estimate of drug-likeness (QED) is 0.305. The molecule has 0 saturated carbocycles. The number of nitrogens with two attached hydrogens (primary N) is 1. The highest BCUT2D eigenvalue weighted by molar-refractivity contribution is 4.85. The van der Waals surface area contributed by atoms with Gasteiger partial charge in [-0.25, -0.2) is 0 Å². The molecule has 1 fully saturated rings. The fourth-order valence-corrected chi connectivity index (χ4v) is 1.52. The Kier molecular flexibility index (Phi) is 5.24. The molecule has 0 radical (unpaired) electrons. The van der Waals surface area contributed by atoms with Crippen LogP contribution in [0.4, 0.5) is 0 Å². The lowest BCUT2D eigenvalue weighted by atomic mass is 10.0. The molecule has 0 bridgehead atoms. The Bertz CT molecular complexity index is 280. The molecule has 90 valence electrons. The Labute approximate surface area is 93.5 Å². The summed E-state index contributed by atoms with van der Waals surface area (Å²) in [5.41, 5.74) is 13.9. The third-order valence-electron chi connectivity index (χ3n) is 2.31. The van der Waals surface area contributed by atoms with Gasteiger partial charge >= 0.3 is 0 Å². The van der Waals surface area contributed by atoms with Gasteiger partial charge in [-0.2, -0.15) is 0 Å². The molecule has 1 rings (SSSR count). The molecule has 0 aromatic rings. The molecule has 1 aliphatic rings. The predicted molar refractivity (Wildman–Crippen MR) is 57.4 cm³/mol. The molecule has 0 aromatic heterocycles. The maximum atomic E-state index is 9.69. The van der Waals surface area contributed by atoms with E-state index < -0.39 is 18.4 Å². The molecule has 0 amide bonds. The Morgan fingerprint density at radius 2 is 2.50 bits per heavy atom. The van der Waals surface area contributed by atoms with Crippen LogP contribution in [0.1, 0.15) is 6.42 Å². The van der Waals surface area contributed by atoms with Crippen LogP contribution in [0.25, 0.3) is 10.4 Å². The van der Waals surface area contributed by atoms with E-state index in [2.05, 4.69) is 16.6 Å². The Hall–Kier alpha value is -1.11. The summed E-state index contributed by atoms with van der Waals surface area (Å²) in [5.74, 6) is 0. The van der Waals surface area contributed by atoms with Gasteiger partial charge in [-0.1, -0.05) is 11.2 Å². The summed E-state index contributed by atoms with van der Waals surface area (Å²) in [5, 5.41) is 13.1. The maximum Gasteiger partial charge on any atom is 0.185 e. The van der Waals surface area contributed by atoms with Crippen LogP contribution in [0.3, 0.4) is 0 Å². The summed E-state index contributed by atoms with van der Waals surface area (Å²) in [7, 11) is 0. The third kappa shape index (κ3) is 3.48. The van der Waals surface area contributed by atoms with Crippen LogP contribution >= 0.6 is 0 Å². The normalized spacial score (nSPS) is 34.1. The second-order valence-corrected chi connectivity index (χ2v) is 3.55. The lowest BCUT2D eigenvalue weighted by molar-refractivity contribution is -0.238. The van der Waals surface area contributed by atoms with E-state index >= 15 is 0 Å². The van der Waals surface area contributed by atoms with Crippen molar-refractivity contribution in [1.82, 2.24) is 0 Å². The van der Waals surface area contributed by atoms with Crippen molar-refractivity contribution in [1.29, 1.82) is 0 Å². The van der Waals surface area contributed by atoms with Crippen molar-refractivity contribution in [3.8, 4) is 0 Å². The average Bonchev–Trinajstić information content (AvgIpc) is 2.28. The van der Waals surface area contributed by atoms with E-state index in [1.807, 2.05) is 0 Å². The Morgan fingerprint density at radius 3 is 3.12 bits per heavy atom.